The lowest BCUT2D eigenvalue weighted by atomic mass is 10.0. The van der Waals surface area contributed by atoms with E-state index >= 15 is 0 Å². The summed E-state index contributed by atoms with van der Waals surface area (Å²) >= 11 is 5.76. The van der Waals surface area contributed by atoms with Crippen molar-refractivity contribution in [2.24, 2.45) is 5.92 Å². The monoisotopic (exact) mass is 350 g/mol. The molecular weight excluding hydrogens is 336 g/mol. The van der Waals surface area contributed by atoms with Gasteiger partial charge in [0, 0.05) is 6.07 Å². The van der Waals surface area contributed by atoms with Crippen LogP contribution in [0.25, 0.3) is 0 Å². The highest BCUT2D eigenvalue weighted by atomic mass is 35.5. The molecule has 1 aromatic rings. The number of hydrogen-bond donors (Lipinski definition) is 2. The summed E-state index contributed by atoms with van der Waals surface area (Å²) in [4.78, 5) is 20.6. The number of sulfonamides is 1. The highest BCUT2D eigenvalue weighted by molar-refractivity contribution is 7.89. The summed E-state index contributed by atoms with van der Waals surface area (Å²) in [5.74, 6) is -1.87. The lowest BCUT2D eigenvalue weighted by molar-refractivity contribution is -0.387. The largest absolute Gasteiger partial charge is 0.480 e. The molecule has 1 aromatic carbocycles. The zero-order valence-corrected chi connectivity index (χ0v) is 13.4. The van der Waals surface area contributed by atoms with Crippen molar-refractivity contribution in [3.63, 3.8) is 0 Å². The molecule has 0 unspecified atom stereocenters. The SMILES string of the molecule is CC[C@H](C)[C@H](NS(=O)(=O)c1c(Cl)cccc1[N+](=O)[O-])C(=O)O. The van der Waals surface area contributed by atoms with Gasteiger partial charge in [-0.25, -0.2) is 8.42 Å². The Bertz CT molecular complexity index is 691. The third-order valence-electron chi connectivity index (χ3n) is 3.17. The van der Waals surface area contributed by atoms with E-state index in [0.717, 1.165) is 6.07 Å². The van der Waals surface area contributed by atoms with Crippen LogP contribution >= 0.6 is 11.6 Å². The fourth-order valence-electron chi connectivity index (χ4n) is 1.78. The maximum Gasteiger partial charge on any atom is 0.322 e. The van der Waals surface area contributed by atoms with E-state index < -0.39 is 43.5 Å². The minimum absolute atomic E-state index is 0.352. The number of nitrogens with zero attached hydrogens (tertiary/aromatic N) is 1. The fourth-order valence-corrected chi connectivity index (χ4v) is 3.78. The van der Waals surface area contributed by atoms with Gasteiger partial charge in [0.1, 0.15) is 6.04 Å². The van der Waals surface area contributed by atoms with Gasteiger partial charge < -0.3 is 5.11 Å². The van der Waals surface area contributed by atoms with Crippen LogP contribution < -0.4 is 4.72 Å². The maximum absolute atomic E-state index is 12.4. The summed E-state index contributed by atoms with van der Waals surface area (Å²) in [6.07, 6.45) is 0.407. The maximum atomic E-state index is 12.4. The Morgan fingerprint density at radius 1 is 1.50 bits per heavy atom. The lowest BCUT2D eigenvalue weighted by Gasteiger charge is -2.20. The number of aliphatic carboxylic acids is 1. The molecule has 0 amide bonds. The number of carboxylic acid groups (broad SMARTS) is 1. The van der Waals surface area contributed by atoms with Gasteiger partial charge in [-0.15, -0.1) is 0 Å². The lowest BCUT2D eigenvalue weighted by Crippen LogP contribution is -2.45. The number of nitrogens with one attached hydrogen (secondary N) is 1. The van der Waals surface area contributed by atoms with Gasteiger partial charge in [-0.3, -0.25) is 14.9 Å². The van der Waals surface area contributed by atoms with Crippen molar-refractivity contribution < 1.29 is 23.2 Å². The molecule has 2 N–H and O–H groups in total. The third kappa shape index (κ3) is 3.93. The van der Waals surface area contributed by atoms with Crippen LogP contribution in [0.5, 0.6) is 0 Å². The first-order chi connectivity index (χ1) is 10.1. The Labute approximate surface area is 132 Å². The van der Waals surface area contributed by atoms with Gasteiger partial charge in [-0.1, -0.05) is 37.9 Å². The summed E-state index contributed by atoms with van der Waals surface area (Å²) in [5, 5.41) is 19.8. The zero-order valence-electron chi connectivity index (χ0n) is 11.8. The van der Waals surface area contributed by atoms with Crippen molar-refractivity contribution in [2.75, 3.05) is 0 Å². The smallest absolute Gasteiger partial charge is 0.322 e. The van der Waals surface area contributed by atoms with Crippen LogP contribution in [-0.4, -0.2) is 30.5 Å². The number of halogens is 1. The van der Waals surface area contributed by atoms with Crippen LogP contribution in [0.2, 0.25) is 5.02 Å². The van der Waals surface area contributed by atoms with Crippen LogP contribution in [0, 0.1) is 16.0 Å². The summed E-state index contributed by atoms with van der Waals surface area (Å²) in [5.41, 5.74) is -0.715. The van der Waals surface area contributed by atoms with Crippen molar-refractivity contribution in [2.45, 2.75) is 31.2 Å². The Morgan fingerprint density at radius 2 is 2.09 bits per heavy atom. The molecule has 8 nitrogen and oxygen atoms in total. The molecular formula is C12H15ClN2O6S. The van der Waals surface area contributed by atoms with Crippen LogP contribution in [0.15, 0.2) is 23.1 Å². The molecule has 10 heteroatoms. The molecule has 0 aliphatic carbocycles. The van der Waals surface area contributed by atoms with Crippen molar-refractivity contribution in [1.29, 1.82) is 0 Å². The summed E-state index contributed by atoms with van der Waals surface area (Å²) in [6.45, 7) is 3.26. The molecule has 0 aromatic heterocycles. The van der Waals surface area contributed by atoms with E-state index in [4.69, 9.17) is 16.7 Å². The molecule has 2 atom stereocenters. The minimum atomic E-state index is -4.47. The predicted molar refractivity (Wildman–Crippen MR) is 79.3 cm³/mol. The van der Waals surface area contributed by atoms with Crippen LogP contribution in [0.4, 0.5) is 5.69 Å². The highest BCUT2D eigenvalue weighted by Crippen LogP contribution is 2.31. The van der Waals surface area contributed by atoms with Crippen molar-refractivity contribution in [3.05, 3.63) is 33.3 Å². The first-order valence-corrected chi connectivity index (χ1v) is 8.16. The van der Waals surface area contributed by atoms with E-state index in [2.05, 4.69) is 0 Å². The summed E-state index contributed by atoms with van der Waals surface area (Å²) in [6, 6.07) is 2.00. The van der Waals surface area contributed by atoms with Gasteiger partial charge in [-0.05, 0) is 12.0 Å². The average Bonchev–Trinajstić information content (AvgIpc) is 2.43. The highest BCUT2D eigenvalue weighted by Gasteiger charge is 2.34. The molecule has 0 aliphatic rings. The third-order valence-corrected chi connectivity index (χ3v) is 5.13. The van der Waals surface area contributed by atoms with Crippen molar-refractivity contribution >= 4 is 33.3 Å². The van der Waals surface area contributed by atoms with Crippen LogP contribution in [0.1, 0.15) is 20.3 Å². The van der Waals surface area contributed by atoms with E-state index in [1.54, 1.807) is 13.8 Å². The molecule has 0 saturated carbocycles. The van der Waals surface area contributed by atoms with Crippen molar-refractivity contribution in [1.82, 2.24) is 4.72 Å². The van der Waals surface area contributed by atoms with E-state index in [-0.39, 0.29) is 5.02 Å². The molecule has 0 radical (unpaired) electrons. The molecule has 0 fully saturated rings. The van der Waals surface area contributed by atoms with Gasteiger partial charge in [0.2, 0.25) is 10.0 Å². The van der Waals surface area contributed by atoms with Gasteiger partial charge >= 0.3 is 5.97 Å². The molecule has 1 rings (SSSR count). The van der Waals surface area contributed by atoms with E-state index in [1.807, 2.05) is 4.72 Å². The molecule has 0 heterocycles. The van der Waals surface area contributed by atoms with Crippen molar-refractivity contribution in [3.8, 4) is 0 Å². The van der Waals surface area contributed by atoms with E-state index in [1.165, 1.54) is 12.1 Å². The molecule has 22 heavy (non-hydrogen) atoms. The molecule has 0 bridgehead atoms. The molecule has 0 saturated heterocycles. The van der Waals surface area contributed by atoms with E-state index in [0.29, 0.717) is 6.42 Å². The summed E-state index contributed by atoms with van der Waals surface area (Å²) < 4.78 is 26.7. The van der Waals surface area contributed by atoms with Gasteiger partial charge in [0.05, 0.1) is 9.95 Å². The number of carbonyl (C=O) groups is 1. The second-order valence-electron chi connectivity index (χ2n) is 4.67. The molecule has 122 valence electrons. The number of nitro groups is 1. The molecule has 0 aliphatic heterocycles. The number of carboxylic acids is 1. The van der Waals surface area contributed by atoms with Crippen LogP contribution in [-0.2, 0) is 14.8 Å². The quantitative estimate of drug-likeness (QED) is 0.572. The number of hydrogen-bond acceptors (Lipinski definition) is 5. The average molecular weight is 351 g/mol. The Balaban J connectivity index is 3.36. The first-order valence-electron chi connectivity index (χ1n) is 6.29. The zero-order chi connectivity index (χ0) is 17.1. The van der Waals surface area contributed by atoms with E-state index in [9.17, 15) is 23.3 Å². The number of rotatable bonds is 7. The van der Waals surface area contributed by atoms with Crippen LogP contribution in [0.3, 0.4) is 0 Å². The Morgan fingerprint density at radius 3 is 2.55 bits per heavy atom. The van der Waals surface area contributed by atoms with Gasteiger partial charge in [0.15, 0.2) is 4.90 Å². The Kier molecular flexibility index (Phi) is 5.86. The standard InChI is InChI=1S/C12H15ClN2O6S/c1-3-7(2)10(12(16)17)14-22(20,21)11-8(13)5-4-6-9(11)15(18)19/h4-7,10,14H,3H2,1-2H3,(H,16,17)/t7-,10-/m0/s1. The Hall–Kier alpha value is -1.71. The predicted octanol–water partition coefficient (Wildman–Crippen LogP) is 2.03. The topological polar surface area (TPSA) is 127 Å². The number of benzene rings is 1. The first kappa shape index (κ1) is 18.3. The normalized spacial score (nSPS) is 14.3. The summed E-state index contributed by atoms with van der Waals surface area (Å²) in [7, 11) is -4.47. The van der Waals surface area contributed by atoms with Gasteiger partial charge in [0.25, 0.3) is 5.69 Å². The molecule has 0 spiro atoms. The van der Waals surface area contributed by atoms with Gasteiger partial charge in [-0.2, -0.15) is 4.72 Å². The fraction of sp³-hybridized carbons (Fsp3) is 0.417. The number of nitro benzene ring substituents is 1. The minimum Gasteiger partial charge on any atom is -0.480 e. The second-order valence-corrected chi connectivity index (χ2v) is 6.73. The second kappa shape index (κ2) is 7.03.